The average molecular weight is 334 g/mol. The Morgan fingerprint density at radius 2 is 2.12 bits per heavy atom. The van der Waals surface area contributed by atoms with E-state index < -0.39 is 11.0 Å². The van der Waals surface area contributed by atoms with Crippen molar-refractivity contribution in [3.05, 3.63) is 39.4 Å². The monoisotopic (exact) mass is 334 g/mol. The number of likely N-dealkylation sites (tertiary alicyclic amines) is 1. The molecule has 1 heterocycles. The Labute approximate surface area is 140 Å². The molecule has 0 bridgehead atoms. The van der Waals surface area contributed by atoms with Crippen LogP contribution in [0.2, 0.25) is 0 Å². The molecule has 0 aliphatic carbocycles. The maximum absolute atomic E-state index is 12.7. The number of carbonyl (C=O) groups is 2. The molecule has 8 heteroatoms. The quantitative estimate of drug-likeness (QED) is 0.456. The lowest BCUT2D eigenvalue weighted by Gasteiger charge is -2.24. The zero-order valence-corrected chi connectivity index (χ0v) is 13.9. The topological polar surface area (TPSA) is 105 Å². The highest BCUT2D eigenvalue weighted by Crippen LogP contribution is 2.23. The van der Waals surface area contributed by atoms with Crippen molar-refractivity contribution in [3.8, 4) is 0 Å². The third-order valence-electron chi connectivity index (χ3n) is 4.13. The van der Waals surface area contributed by atoms with Gasteiger partial charge < -0.3 is 15.5 Å². The molecule has 0 radical (unpaired) electrons. The molecule has 0 aromatic heterocycles. The molecule has 1 fully saturated rings. The van der Waals surface area contributed by atoms with Crippen molar-refractivity contribution in [3.63, 3.8) is 0 Å². The van der Waals surface area contributed by atoms with Crippen molar-refractivity contribution in [1.29, 1.82) is 0 Å². The van der Waals surface area contributed by atoms with Crippen LogP contribution >= 0.6 is 0 Å². The van der Waals surface area contributed by atoms with Gasteiger partial charge in [0.25, 0.3) is 11.6 Å². The Balaban J connectivity index is 2.11. The van der Waals surface area contributed by atoms with Crippen LogP contribution in [0.3, 0.4) is 0 Å². The highest BCUT2D eigenvalue weighted by molar-refractivity contribution is 5.98. The Kier molecular flexibility index (Phi) is 5.86. The number of nitro benzene ring substituents is 1. The summed E-state index contributed by atoms with van der Waals surface area (Å²) in [5.41, 5.74) is 0.780. The highest BCUT2D eigenvalue weighted by Gasteiger charge is 2.34. The number of benzene rings is 1. The molecule has 0 saturated carbocycles. The van der Waals surface area contributed by atoms with Gasteiger partial charge in [-0.25, -0.2) is 0 Å². The summed E-state index contributed by atoms with van der Waals surface area (Å²) in [6.07, 6.45) is 1.39. The molecule has 2 N–H and O–H groups in total. The van der Waals surface area contributed by atoms with Crippen LogP contribution in [0.15, 0.2) is 18.2 Å². The number of nitrogens with one attached hydrogen (secondary N) is 2. The van der Waals surface area contributed by atoms with Crippen LogP contribution < -0.4 is 10.6 Å². The van der Waals surface area contributed by atoms with Crippen LogP contribution in [0, 0.1) is 17.0 Å². The van der Waals surface area contributed by atoms with Gasteiger partial charge in [-0.05, 0) is 38.9 Å². The van der Waals surface area contributed by atoms with Crippen LogP contribution in [-0.2, 0) is 4.79 Å². The lowest BCUT2D eigenvalue weighted by Crippen LogP contribution is -2.47. The second-order valence-electron chi connectivity index (χ2n) is 5.81. The van der Waals surface area contributed by atoms with E-state index in [4.69, 9.17) is 0 Å². The second kappa shape index (κ2) is 7.87. The van der Waals surface area contributed by atoms with Gasteiger partial charge in [-0.1, -0.05) is 0 Å². The summed E-state index contributed by atoms with van der Waals surface area (Å²) in [5.74, 6) is -0.422. The molecule has 0 spiro atoms. The van der Waals surface area contributed by atoms with Crippen molar-refractivity contribution in [1.82, 2.24) is 15.5 Å². The predicted molar refractivity (Wildman–Crippen MR) is 88.8 cm³/mol. The number of hydrogen-bond donors (Lipinski definition) is 2. The predicted octanol–water partition coefficient (Wildman–Crippen LogP) is 0.843. The Morgan fingerprint density at radius 3 is 2.75 bits per heavy atom. The molecule has 24 heavy (non-hydrogen) atoms. The molecule has 130 valence electrons. The summed E-state index contributed by atoms with van der Waals surface area (Å²) in [4.78, 5) is 36.9. The zero-order valence-electron chi connectivity index (χ0n) is 13.9. The summed E-state index contributed by atoms with van der Waals surface area (Å²) < 4.78 is 0. The van der Waals surface area contributed by atoms with Crippen molar-refractivity contribution in [2.75, 3.05) is 26.7 Å². The third-order valence-corrected chi connectivity index (χ3v) is 4.13. The fraction of sp³-hybridized carbons (Fsp3) is 0.500. The van der Waals surface area contributed by atoms with Gasteiger partial charge in [-0.2, -0.15) is 0 Å². The van der Waals surface area contributed by atoms with Gasteiger partial charge in [0.2, 0.25) is 5.91 Å². The van der Waals surface area contributed by atoms with E-state index in [2.05, 4.69) is 10.6 Å². The van der Waals surface area contributed by atoms with Crippen LogP contribution in [0.4, 0.5) is 5.69 Å². The molecule has 1 aromatic carbocycles. The zero-order chi connectivity index (χ0) is 17.7. The number of rotatable bonds is 6. The maximum atomic E-state index is 12.7. The van der Waals surface area contributed by atoms with Gasteiger partial charge in [-0.3, -0.25) is 19.7 Å². The molecule has 1 aromatic rings. The molecule has 2 rings (SSSR count). The first-order valence-corrected chi connectivity index (χ1v) is 7.94. The van der Waals surface area contributed by atoms with E-state index in [0.29, 0.717) is 37.2 Å². The van der Waals surface area contributed by atoms with E-state index in [1.54, 1.807) is 18.9 Å². The minimum absolute atomic E-state index is 0.0191. The Hall–Kier alpha value is -2.48. The Bertz CT molecular complexity index is 647. The summed E-state index contributed by atoms with van der Waals surface area (Å²) in [6.45, 7) is 3.28. The van der Waals surface area contributed by atoms with Gasteiger partial charge in [0.1, 0.15) is 6.04 Å². The van der Waals surface area contributed by atoms with Crippen molar-refractivity contribution >= 4 is 17.5 Å². The van der Waals surface area contributed by atoms with Gasteiger partial charge >= 0.3 is 0 Å². The number of nitro groups is 1. The normalized spacial score (nSPS) is 16.9. The molecule has 1 atom stereocenters. The van der Waals surface area contributed by atoms with Crippen LogP contribution in [-0.4, -0.2) is 54.4 Å². The lowest BCUT2D eigenvalue weighted by atomic mass is 10.1. The number of hydrogen-bond acceptors (Lipinski definition) is 5. The molecule has 1 unspecified atom stereocenters. The smallest absolute Gasteiger partial charge is 0.272 e. The Morgan fingerprint density at radius 1 is 1.38 bits per heavy atom. The van der Waals surface area contributed by atoms with Gasteiger partial charge in [0.15, 0.2) is 0 Å². The first-order valence-electron chi connectivity index (χ1n) is 7.94. The number of carbonyl (C=O) groups excluding carboxylic acids is 2. The summed E-state index contributed by atoms with van der Waals surface area (Å²) in [5, 5.41) is 16.6. The SMILES string of the molecule is CNCCNC(=O)C1CCCN1C(=O)c1ccc([N+](=O)[O-])c(C)c1. The largest absolute Gasteiger partial charge is 0.353 e. The lowest BCUT2D eigenvalue weighted by molar-refractivity contribution is -0.385. The van der Waals surface area contributed by atoms with Crippen LogP contribution in [0.25, 0.3) is 0 Å². The number of amides is 2. The molecule has 2 amide bonds. The molecular weight excluding hydrogens is 312 g/mol. The average Bonchev–Trinajstić information content (AvgIpc) is 3.03. The molecule has 1 aliphatic heterocycles. The fourth-order valence-corrected chi connectivity index (χ4v) is 2.87. The fourth-order valence-electron chi connectivity index (χ4n) is 2.87. The summed E-state index contributed by atoms with van der Waals surface area (Å²) in [7, 11) is 1.80. The van der Waals surface area contributed by atoms with Crippen molar-refractivity contribution < 1.29 is 14.5 Å². The van der Waals surface area contributed by atoms with E-state index in [9.17, 15) is 19.7 Å². The first kappa shape index (κ1) is 17.9. The number of likely N-dealkylation sites (N-methyl/N-ethyl adjacent to an activating group) is 1. The second-order valence-corrected chi connectivity index (χ2v) is 5.81. The maximum Gasteiger partial charge on any atom is 0.272 e. The summed E-state index contributed by atoms with van der Waals surface area (Å²) >= 11 is 0. The van der Waals surface area contributed by atoms with E-state index in [-0.39, 0.29) is 17.5 Å². The van der Waals surface area contributed by atoms with E-state index in [1.165, 1.54) is 18.2 Å². The first-order chi connectivity index (χ1) is 11.5. The van der Waals surface area contributed by atoms with Crippen LogP contribution in [0.1, 0.15) is 28.8 Å². The minimum atomic E-state index is -0.482. The van der Waals surface area contributed by atoms with Crippen LogP contribution in [0.5, 0.6) is 0 Å². The molecule has 1 saturated heterocycles. The van der Waals surface area contributed by atoms with E-state index >= 15 is 0 Å². The standard InChI is InChI=1S/C16H22N4O4/c1-11-10-12(5-6-13(11)20(23)24)16(22)19-9-3-4-14(19)15(21)18-8-7-17-2/h5-6,10,14,17H,3-4,7-9H2,1-2H3,(H,18,21). The number of aryl methyl sites for hydroxylation is 1. The molecular formula is C16H22N4O4. The third kappa shape index (κ3) is 3.88. The minimum Gasteiger partial charge on any atom is -0.353 e. The van der Waals surface area contributed by atoms with Crippen molar-refractivity contribution in [2.24, 2.45) is 0 Å². The molecule has 1 aliphatic rings. The van der Waals surface area contributed by atoms with Gasteiger partial charge in [0.05, 0.1) is 4.92 Å². The van der Waals surface area contributed by atoms with Gasteiger partial charge in [-0.15, -0.1) is 0 Å². The van der Waals surface area contributed by atoms with Gasteiger partial charge in [0, 0.05) is 36.8 Å². The molecule has 8 nitrogen and oxygen atoms in total. The highest BCUT2D eigenvalue weighted by atomic mass is 16.6. The summed E-state index contributed by atoms with van der Waals surface area (Å²) in [6, 6.07) is 3.81. The van der Waals surface area contributed by atoms with E-state index in [0.717, 1.165) is 6.42 Å². The van der Waals surface area contributed by atoms with Crippen molar-refractivity contribution in [2.45, 2.75) is 25.8 Å². The van der Waals surface area contributed by atoms with E-state index in [1.807, 2.05) is 0 Å². The number of nitrogens with zero attached hydrogens (tertiary/aromatic N) is 2.